The second-order valence-corrected chi connectivity index (χ2v) is 6.49. The van der Waals surface area contributed by atoms with Gasteiger partial charge in [-0.1, -0.05) is 18.2 Å². The van der Waals surface area contributed by atoms with Gasteiger partial charge in [-0.15, -0.1) is 13.2 Å². The summed E-state index contributed by atoms with van der Waals surface area (Å²) in [6, 6.07) is 12.9. The maximum absolute atomic E-state index is 13.8. The van der Waals surface area contributed by atoms with Crippen molar-refractivity contribution in [3.63, 3.8) is 0 Å². The number of fused-ring (bicyclic) bond motifs is 1. The van der Waals surface area contributed by atoms with Gasteiger partial charge in [-0.2, -0.15) is 5.10 Å². The Hall–Kier alpha value is -3.95. The Balaban J connectivity index is 1.60. The molecule has 4 rings (SSSR count). The Bertz CT molecular complexity index is 1280. The SMILES string of the molecule is O=C(Nc1n[nH]c2cc(-c3cccc(OC(F)(F)F)c3)ccc12)c1ccc(F)cc1F. The molecule has 1 amide bonds. The average molecular weight is 433 g/mol. The first-order valence-corrected chi connectivity index (χ1v) is 8.80. The molecule has 0 saturated heterocycles. The number of carbonyl (C=O) groups is 1. The van der Waals surface area contributed by atoms with Gasteiger partial charge < -0.3 is 10.1 Å². The fourth-order valence-electron chi connectivity index (χ4n) is 3.02. The second-order valence-electron chi connectivity index (χ2n) is 6.49. The fraction of sp³-hybridized carbons (Fsp3) is 0.0476. The summed E-state index contributed by atoms with van der Waals surface area (Å²) >= 11 is 0. The van der Waals surface area contributed by atoms with Crippen LogP contribution in [0.4, 0.5) is 27.8 Å². The zero-order chi connectivity index (χ0) is 22.2. The number of H-pyrrole nitrogens is 1. The zero-order valence-corrected chi connectivity index (χ0v) is 15.4. The van der Waals surface area contributed by atoms with Gasteiger partial charge in [0.2, 0.25) is 0 Å². The Kier molecular flexibility index (Phi) is 5.05. The van der Waals surface area contributed by atoms with Gasteiger partial charge in [0.25, 0.3) is 5.91 Å². The molecule has 3 aromatic carbocycles. The molecule has 0 aliphatic rings. The number of nitrogens with zero attached hydrogens (tertiary/aromatic N) is 1. The van der Waals surface area contributed by atoms with E-state index in [-0.39, 0.29) is 17.1 Å². The molecule has 31 heavy (non-hydrogen) atoms. The van der Waals surface area contributed by atoms with Crippen LogP contribution in [0.15, 0.2) is 60.7 Å². The third-order valence-corrected chi connectivity index (χ3v) is 4.37. The second kappa shape index (κ2) is 7.71. The molecule has 0 radical (unpaired) electrons. The van der Waals surface area contributed by atoms with E-state index in [1.54, 1.807) is 24.3 Å². The molecule has 0 atom stereocenters. The van der Waals surface area contributed by atoms with E-state index in [0.717, 1.165) is 12.1 Å². The van der Waals surface area contributed by atoms with Crippen LogP contribution in [0, 0.1) is 11.6 Å². The summed E-state index contributed by atoms with van der Waals surface area (Å²) < 4.78 is 68.1. The van der Waals surface area contributed by atoms with Crippen molar-refractivity contribution >= 4 is 22.6 Å². The van der Waals surface area contributed by atoms with Crippen LogP contribution >= 0.6 is 0 Å². The summed E-state index contributed by atoms with van der Waals surface area (Å²) in [6.45, 7) is 0. The normalized spacial score (nSPS) is 11.5. The van der Waals surface area contributed by atoms with E-state index < -0.39 is 23.9 Å². The first-order valence-electron chi connectivity index (χ1n) is 8.80. The van der Waals surface area contributed by atoms with Crippen molar-refractivity contribution in [2.24, 2.45) is 0 Å². The van der Waals surface area contributed by atoms with Crippen LogP contribution in [-0.2, 0) is 0 Å². The van der Waals surface area contributed by atoms with Crippen molar-refractivity contribution in [2.75, 3.05) is 5.32 Å². The number of aromatic amines is 1. The monoisotopic (exact) mass is 433 g/mol. The van der Waals surface area contributed by atoms with Gasteiger partial charge in [-0.05, 0) is 47.5 Å². The zero-order valence-electron chi connectivity index (χ0n) is 15.4. The first-order chi connectivity index (χ1) is 14.7. The van der Waals surface area contributed by atoms with Crippen LogP contribution < -0.4 is 10.1 Å². The molecule has 10 heteroatoms. The lowest BCUT2D eigenvalue weighted by atomic mass is 10.0. The van der Waals surface area contributed by atoms with Crippen LogP contribution in [0.2, 0.25) is 0 Å². The van der Waals surface area contributed by atoms with Crippen LogP contribution in [0.5, 0.6) is 5.75 Å². The summed E-state index contributed by atoms with van der Waals surface area (Å²) in [5, 5.41) is 9.62. The summed E-state index contributed by atoms with van der Waals surface area (Å²) in [7, 11) is 0. The number of rotatable bonds is 4. The number of carbonyl (C=O) groups excluding carboxylic acids is 1. The standard InChI is InChI=1S/C21H12F5N3O2/c22-13-5-7-15(17(23)10-13)20(30)27-19-16-6-4-12(9-18(16)28-29-19)11-2-1-3-14(8-11)31-21(24,25)26/h1-10H,(H2,27,28,29,30). The molecule has 0 aliphatic carbocycles. The van der Waals surface area contributed by atoms with E-state index >= 15 is 0 Å². The Morgan fingerprint density at radius 1 is 0.968 bits per heavy atom. The number of hydrogen-bond donors (Lipinski definition) is 2. The minimum atomic E-state index is -4.80. The van der Waals surface area contributed by atoms with Gasteiger partial charge in [0.1, 0.15) is 17.4 Å². The highest BCUT2D eigenvalue weighted by Gasteiger charge is 2.31. The number of anilines is 1. The van der Waals surface area contributed by atoms with E-state index in [9.17, 15) is 26.7 Å². The summed E-state index contributed by atoms with van der Waals surface area (Å²) in [6.07, 6.45) is -4.80. The number of hydrogen-bond acceptors (Lipinski definition) is 3. The molecule has 0 aliphatic heterocycles. The molecular weight excluding hydrogens is 421 g/mol. The van der Waals surface area contributed by atoms with Crippen molar-refractivity contribution in [1.29, 1.82) is 0 Å². The maximum Gasteiger partial charge on any atom is 0.573 e. The van der Waals surface area contributed by atoms with Crippen molar-refractivity contribution in [3.05, 3.63) is 77.9 Å². The van der Waals surface area contributed by atoms with Gasteiger partial charge in [0.15, 0.2) is 5.82 Å². The highest BCUT2D eigenvalue weighted by atomic mass is 19.4. The molecule has 0 unspecified atom stereocenters. The van der Waals surface area contributed by atoms with Crippen molar-refractivity contribution in [3.8, 4) is 16.9 Å². The minimum absolute atomic E-state index is 0.115. The number of halogens is 5. The van der Waals surface area contributed by atoms with Crippen LogP contribution in [0.25, 0.3) is 22.0 Å². The molecule has 0 bridgehead atoms. The highest BCUT2D eigenvalue weighted by Crippen LogP contribution is 2.31. The number of benzene rings is 3. The van der Waals surface area contributed by atoms with Gasteiger partial charge >= 0.3 is 6.36 Å². The van der Waals surface area contributed by atoms with E-state index in [1.165, 1.54) is 18.2 Å². The largest absolute Gasteiger partial charge is 0.573 e. The van der Waals surface area contributed by atoms with E-state index in [4.69, 9.17) is 0 Å². The summed E-state index contributed by atoms with van der Waals surface area (Å²) in [4.78, 5) is 12.3. The Morgan fingerprint density at radius 2 is 1.74 bits per heavy atom. The lowest BCUT2D eigenvalue weighted by Gasteiger charge is -2.10. The van der Waals surface area contributed by atoms with Gasteiger partial charge in [-0.25, -0.2) is 8.78 Å². The Labute approximate surface area is 171 Å². The third kappa shape index (κ3) is 4.47. The molecule has 5 nitrogen and oxygen atoms in total. The number of amides is 1. The molecular formula is C21H12F5N3O2. The third-order valence-electron chi connectivity index (χ3n) is 4.37. The molecule has 158 valence electrons. The van der Waals surface area contributed by atoms with Crippen molar-refractivity contribution < 1.29 is 31.5 Å². The van der Waals surface area contributed by atoms with Crippen molar-refractivity contribution in [2.45, 2.75) is 6.36 Å². The van der Waals surface area contributed by atoms with E-state index in [1.807, 2.05) is 0 Å². The smallest absolute Gasteiger partial charge is 0.406 e. The molecule has 4 aromatic rings. The topological polar surface area (TPSA) is 67.0 Å². The summed E-state index contributed by atoms with van der Waals surface area (Å²) in [5.74, 6) is -2.88. The van der Waals surface area contributed by atoms with Gasteiger partial charge in [0, 0.05) is 11.5 Å². The first kappa shape index (κ1) is 20.3. The highest BCUT2D eigenvalue weighted by molar-refractivity contribution is 6.08. The molecule has 1 aromatic heterocycles. The lowest BCUT2D eigenvalue weighted by molar-refractivity contribution is -0.274. The van der Waals surface area contributed by atoms with Crippen LogP contribution in [0.3, 0.4) is 0 Å². The van der Waals surface area contributed by atoms with Gasteiger partial charge in [0.05, 0.1) is 11.1 Å². The number of ether oxygens (including phenoxy) is 1. The number of alkyl halides is 3. The summed E-state index contributed by atoms with van der Waals surface area (Å²) in [5.41, 5.74) is 1.17. The number of aromatic nitrogens is 2. The predicted octanol–water partition coefficient (Wildman–Crippen LogP) is 5.66. The molecule has 2 N–H and O–H groups in total. The number of nitrogens with one attached hydrogen (secondary N) is 2. The molecule has 0 spiro atoms. The van der Waals surface area contributed by atoms with Crippen molar-refractivity contribution in [1.82, 2.24) is 10.2 Å². The van der Waals surface area contributed by atoms with E-state index in [2.05, 4.69) is 20.3 Å². The lowest BCUT2D eigenvalue weighted by Crippen LogP contribution is -2.17. The predicted molar refractivity (Wildman–Crippen MR) is 103 cm³/mol. The molecule has 0 saturated carbocycles. The average Bonchev–Trinajstić information content (AvgIpc) is 3.09. The minimum Gasteiger partial charge on any atom is -0.406 e. The fourth-order valence-corrected chi connectivity index (χ4v) is 3.02. The molecule has 1 heterocycles. The van der Waals surface area contributed by atoms with Crippen LogP contribution in [-0.4, -0.2) is 22.5 Å². The molecule has 0 fully saturated rings. The van der Waals surface area contributed by atoms with E-state index in [0.29, 0.717) is 28.1 Å². The quantitative estimate of drug-likeness (QED) is 0.408. The maximum atomic E-state index is 13.8. The Morgan fingerprint density at radius 3 is 2.48 bits per heavy atom. The van der Waals surface area contributed by atoms with Crippen LogP contribution in [0.1, 0.15) is 10.4 Å². The van der Waals surface area contributed by atoms with Gasteiger partial charge in [-0.3, -0.25) is 9.89 Å².